The summed E-state index contributed by atoms with van der Waals surface area (Å²) in [4.78, 5) is 12.5. The summed E-state index contributed by atoms with van der Waals surface area (Å²) in [5.41, 5.74) is 3.18. The summed E-state index contributed by atoms with van der Waals surface area (Å²) < 4.78 is 5.93. The monoisotopic (exact) mass is 399 g/mol. The van der Waals surface area contributed by atoms with E-state index in [9.17, 15) is 4.79 Å². The average Bonchev–Trinajstić information content (AvgIpc) is 2.68. The van der Waals surface area contributed by atoms with Gasteiger partial charge in [-0.3, -0.25) is 4.79 Å². The van der Waals surface area contributed by atoms with Gasteiger partial charge in [0, 0.05) is 27.7 Å². The summed E-state index contributed by atoms with van der Waals surface area (Å²) in [7, 11) is 0. The first-order valence-corrected chi connectivity index (χ1v) is 9.28. The number of benzene rings is 3. The minimum Gasteiger partial charge on any atom is -0.489 e. The zero-order valence-electron chi connectivity index (χ0n) is 14.8. The van der Waals surface area contributed by atoms with Gasteiger partial charge in [-0.25, -0.2) is 0 Å². The van der Waals surface area contributed by atoms with E-state index in [1.807, 2.05) is 43.3 Å². The van der Waals surface area contributed by atoms with Gasteiger partial charge in [0.05, 0.1) is 0 Å². The summed E-state index contributed by atoms with van der Waals surface area (Å²) in [5.74, 6) is 0.496. The highest BCUT2D eigenvalue weighted by molar-refractivity contribution is 6.32. The molecule has 3 aromatic rings. The Morgan fingerprint density at radius 3 is 2.56 bits per heavy atom. The third kappa shape index (κ3) is 5.03. The van der Waals surface area contributed by atoms with Gasteiger partial charge in [0.2, 0.25) is 0 Å². The summed E-state index contributed by atoms with van der Waals surface area (Å²) in [5, 5.41) is 4.07. The maximum absolute atomic E-state index is 12.5. The molecule has 1 amide bonds. The topological polar surface area (TPSA) is 38.3 Å². The van der Waals surface area contributed by atoms with Gasteiger partial charge in [-0.15, -0.1) is 0 Å². The molecule has 0 aliphatic heterocycles. The predicted molar refractivity (Wildman–Crippen MR) is 110 cm³/mol. The molecule has 0 atom stereocenters. The molecule has 0 fully saturated rings. The number of halogens is 2. The fourth-order valence-electron chi connectivity index (χ4n) is 2.69. The fraction of sp³-hybridized carbons (Fsp3) is 0.136. The zero-order valence-corrected chi connectivity index (χ0v) is 16.3. The Morgan fingerprint density at radius 2 is 1.78 bits per heavy atom. The van der Waals surface area contributed by atoms with Gasteiger partial charge in [0.1, 0.15) is 12.4 Å². The van der Waals surface area contributed by atoms with Gasteiger partial charge in [0.15, 0.2) is 0 Å². The molecule has 0 radical (unpaired) electrons. The second-order valence-corrected chi connectivity index (χ2v) is 6.97. The van der Waals surface area contributed by atoms with E-state index in [-0.39, 0.29) is 5.91 Å². The van der Waals surface area contributed by atoms with Crippen LogP contribution in [0.3, 0.4) is 0 Å². The van der Waals surface area contributed by atoms with Crippen LogP contribution in [0, 0.1) is 6.92 Å². The molecule has 27 heavy (non-hydrogen) atoms. The first kappa shape index (κ1) is 19.3. The maximum atomic E-state index is 12.5. The van der Waals surface area contributed by atoms with Crippen molar-refractivity contribution in [2.45, 2.75) is 20.1 Å². The molecule has 0 unspecified atom stereocenters. The number of hydrogen-bond donors (Lipinski definition) is 1. The Bertz CT molecular complexity index is 942. The van der Waals surface area contributed by atoms with Crippen LogP contribution in [0.15, 0.2) is 66.7 Å². The highest BCUT2D eigenvalue weighted by Gasteiger charge is 2.12. The van der Waals surface area contributed by atoms with Gasteiger partial charge in [-0.2, -0.15) is 0 Å². The number of hydrogen-bond acceptors (Lipinski definition) is 2. The molecule has 3 rings (SSSR count). The molecule has 138 valence electrons. The second kappa shape index (κ2) is 8.94. The summed E-state index contributed by atoms with van der Waals surface area (Å²) in [6, 6.07) is 20.6. The smallest absolute Gasteiger partial charge is 0.251 e. The quantitative estimate of drug-likeness (QED) is 0.567. The molecular weight excluding hydrogens is 381 g/mol. The molecule has 5 heteroatoms. The number of carbonyl (C=O) groups is 1. The minimum atomic E-state index is -0.191. The molecule has 0 bridgehead atoms. The van der Waals surface area contributed by atoms with E-state index in [0.29, 0.717) is 34.5 Å². The van der Waals surface area contributed by atoms with Gasteiger partial charge >= 0.3 is 0 Å². The predicted octanol–water partition coefficient (Wildman–Crippen LogP) is 5.81. The van der Waals surface area contributed by atoms with Gasteiger partial charge in [0.25, 0.3) is 5.91 Å². The van der Waals surface area contributed by atoms with E-state index >= 15 is 0 Å². The average molecular weight is 400 g/mol. The molecule has 0 aliphatic carbocycles. The lowest BCUT2D eigenvalue weighted by Crippen LogP contribution is -2.24. The molecule has 1 N–H and O–H groups in total. The third-order valence-corrected chi connectivity index (χ3v) is 4.86. The number of nitrogens with one attached hydrogen (secondary N) is 1. The van der Waals surface area contributed by atoms with Crippen LogP contribution in [0.1, 0.15) is 27.0 Å². The van der Waals surface area contributed by atoms with Crippen molar-refractivity contribution in [3.63, 3.8) is 0 Å². The normalized spacial score (nSPS) is 10.5. The SMILES string of the molecule is Cc1c(Cl)cccc1C(=O)NCc1cc(Cl)ccc1OCc1ccccc1. The lowest BCUT2D eigenvalue weighted by Gasteiger charge is -2.14. The molecule has 3 aromatic carbocycles. The minimum absolute atomic E-state index is 0.191. The van der Waals surface area contributed by atoms with E-state index in [1.165, 1.54) is 0 Å². The molecule has 0 saturated heterocycles. The van der Waals surface area contributed by atoms with Gasteiger partial charge < -0.3 is 10.1 Å². The van der Waals surface area contributed by atoms with E-state index in [4.69, 9.17) is 27.9 Å². The first-order valence-electron chi connectivity index (χ1n) is 8.53. The van der Waals surface area contributed by atoms with Crippen molar-refractivity contribution in [2.24, 2.45) is 0 Å². The Morgan fingerprint density at radius 1 is 1.00 bits per heavy atom. The molecule has 3 nitrogen and oxygen atoms in total. The van der Waals surface area contributed by atoms with Crippen molar-refractivity contribution in [2.75, 3.05) is 0 Å². The van der Waals surface area contributed by atoms with Crippen LogP contribution >= 0.6 is 23.2 Å². The summed E-state index contributed by atoms with van der Waals surface area (Å²) >= 11 is 12.2. The highest BCUT2D eigenvalue weighted by Crippen LogP contribution is 2.24. The molecule has 0 heterocycles. The van der Waals surface area contributed by atoms with Crippen molar-refractivity contribution in [3.8, 4) is 5.75 Å². The zero-order chi connectivity index (χ0) is 19.2. The molecule has 0 spiro atoms. The first-order chi connectivity index (χ1) is 13.0. The van der Waals surface area contributed by atoms with Crippen molar-refractivity contribution in [1.82, 2.24) is 5.32 Å². The molecule has 0 saturated carbocycles. The molecular formula is C22H19Cl2NO2. The van der Waals surface area contributed by atoms with Crippen molar-refractivity contribution in [3.05, 3.63) is 99.0 Å². The lowest BCUT2D eigenvalue weighted by atomic mass is 10.1. The molecule has 0 aliphatic rings. The Kier molecular flexibility index (Phi) is 6.38. The molecule has 0 aromatic heterocycles. The van der Waals surface area contributed by atoms with Crippen LogP contribution < -0.4 is 10.1 Å². The number of amides is 1. The maximum Gasteiger partial charge on any atom is 0.251 e. The highest BCUT2D eigenvalue weighted by atomic mass is 35.5. The second-order valence-electron chi connectivity index (χ2n) is 6.12. The standard InChI is InChI=1S/C22H19Cl2NO2/c1-15-19(8-5-9-20(15)24)22(26)25-13-17-12-18(23)10-11-21(17)27-14-16-6-3-2-4-7-16/h2-12H,13-14H2,1H3,(H,25,26). The van der Waals surface area contributed by atoms with Crippen molar-refractivity contribution < 1.29 is 9.53 Å². The van der Waals surface area contributed by atoms with Crippen LogP contribution in [0.4, 0.5) is 0 Å². The van der Waals surface area contributed by atoms with E-state index in [0.717, 1.165) is 16.7 Å². The van der Waals surface area contributed by atoms with Gasteiger partial charge in [-0.05, 0) is 48.4 Å². The number of carbonyl (C=O) groups excluding carboxylic acids is 1. The summed E-state index contributed by atoms with van der Waals surface area (Å²) in [6.45, 7) is 2.57. The Hall–Kier alpha value is -2.49. The third-order valence-electron chi connectivity index (χ3n) is 4.21. The lowest BCUT2D eigenvalue weighted by molar-refractivity contribution is 0.0950. The Balaban J connectivity index is 1.71. The number of ether oxygens (including phenoxy) is 1. The number of rotatable bonds is 6. The fourth-order valence-corrected chi connectivity index (χ4v) is 3.06. The van der Waals surface area contributed by atoms with Crippen molar-refractivity contribution in [1.29, 1.82) is 0 Å². The van der Waals surface area contributed by atoms with Crippen LogP contribution in [-0.4, -0.2) is 5.91 Å². The van der Waals surface area contributed by atoms with Crippen LogP contribution in [0.2, 0.25) is 10.0 Å². The van der Waals surface area contributed by atoms with Crippen LogP contribution in [0.5, 0.6) is 5.75 Å². The van der Waals surface area contributed by atoms with E-state index < -0.39 is 0 Å². The largest absolute Gasteiger partial charge is 0.489 e. The van der Waals surface area contributed by atoms with Crippen LogP contribution in [-0.2, 0) is 13.2 Å². The van der Waals surface area contributed by atoms with E-state index in [2.05, 4.69) is 5.32 Å². The van der Waals surface area contributed by atoms with Crippen LogP contribution in [0.25, 0.3) is 0 Å². The van der Waals surface area contributed by atoms with Crippen molar-refractivity contribution >= 4 is 29.1 Å². The summed E-state index contributed by atoms with van der Waals surface area (Å²) in [6.07, 6.45) is 0. The van der Waals surface area contributed by atoms with E-state index in [1.54, 1.807) is 30.3 Å². The van der Waals surface area contributed by atoms with Gasteiger partial charge in [-0.1, -0.05) is 59.6 Å². The Labute approximate surface area is 168 Å².